The first-order valence-electron chi connectivity index (χ1n) is 14.5. The molecule has 0 bridgehead atoms. The van der Waals surface area contributed by atoms with Gasteiger partial charge in [-0.25, -0.2) is 0 Å². The lowest BCUT2D eigenvalue weighted by Crippen LogP contribution is -2.13. The monoisotopic (exact) mass is 586 g/mol. The van der Waals surface area contributed by atoms with Crippen molar-refractivity contribution in [1.82, 2.24) is 4.98 Å². The fraction of sp³-hybridized carbons (Fsp3) is 0.162. The molecule has 0 spiro atoms. The molecule has 7 nitrogen and oxygen atoms in total. The molecule has 0 atom stereocenters. The Hall–Kier alpha value is -5.43. The van der Waals surface area contributed by atoms with E-state index in [9.17, 15) is 9.59 Å². The molecule has 7 heteroatoms. The lowest BCUT2D eigenvalue weighted by atomic mass is 10.0. The van der Waals surface area contributed by atoms with Gasteiger partial charge in [-0.1, -0.05) is 61.9 Å². The zero-order chi connectivity index (χ0) is 30.9. The molecule has 0 aliphatic heterocycles. The number of nitrogens with zero attached hydrogens (tertiary/aromatic N) is 1. The largest absolute Gasteiger partial charge is 0.457 e. The average molecular weight is 587 g/mol. The zero-order valence-electron chi connectivity index (χ0n) is 24.9. The minimum absolute atomic E-state index is 0.0398. The third kappa shape index (κ3) is 7.89. The normalized spacial score (nSPS) is 10.7. The Morgan fingerprint density at radius 1 is 0.773 bits per heavy atom. The number of pyridine rings is 1. The number of rotatable bonds is 12. The highest BCUT2D eigenvalue weighted by Gasteiger charge is 2.18. The van der Waals surface area contributed by atoms with Crippen molar-refractivity contribution in [3.63, 3.8) is 0 Å². The van der Waals surface area contributed by atoms with Gasteiger partial charge < -0.3 is 19.5 Å². The Kier molecular flexibility index (Phi) is 9.67. The number of carbonyl (C=O) groups excluding carboxylic acids is 2. The summed E-state index contributed by atoms with van der Waals surface area (Å²) in [5.41, 5.74) is 5.14. The Morgan fingerprint density at radius 3 is 2.18 bits per heavy atom. The molecule has 0 saturated carbocycles. The summed E-state index contributed by atoms with van der Waals surface area (Å²) < 4.78 is 17.4. The molecule has 0 radical (unpaired) electrons. The molecule has 0 aliphatic rings. The third-order valence-corrected chi connectivity index (χ3v) is 7.07. The van der Waals surface area contributed by atoms with E-state index < -0.39 is 0 Å². The molecule has 5 rings (SSSR count). The van der Waals surface area contributed by atoms with Crippen LogP contribution in [0.2, 0.25) is 0 Å². The van der Waals surface area contributed by atoms with Gasteiger partial charge in [0.15, 0.2) is 5.75 Å². The van der Waals surface area contributed by atoms with E-state index >= 15 is 0 Å². The molecule has 0 aliphatic carbocycles. The van der Waals surface area contributed by atoms with Crippen molar-refractivity contribution in [3.05, 3.63) is 137 Å². The fourth-order valence-corrected chi connectivity index (χ4v) is 4.68. The Balaban J connectivity index is 1.32. The number of aromatic nitrogens is 1. The highest BCUT2D eigenvalue weighted by atomic mass is 16.5. The smallest absolute Gasteiger partial charge is 0.298 e. The Morgan fingerprint density at radius 2 is 1.48 bits per heavy atom. The molecule has 5 aromatic rings. The van der Waals surface area contributed by atoms with Crippen LogP contribution in [0.25, 0.3) is 0 Å². The predicted octanol–water partition coefficient (Wildman–Crippen LogP) is 8.67. The SMILES string of the molecule is Cc1ccc(CCc2cncc(Oc3cc(OC=O)c(NC(=O)c4ccc(Oc5ccccc5)cc4)cc3C(C)C)c2)cc1. The second-order valence-electron chi connectivity index (χ2n) is 10.8. The van der Waals surface area contributed by atoms with E-state index in [2.05, 4.69) is 41.5 Å². The molecule has 222 valence electrons. The lowest BCUT2D eigenvalue weighted by Gasteiger charge is -2.18. The van der Waals surface area contributed by atoms with Gasteiger partial charge in [0.25, 0.3) is 12.4 Å². The van der Waals surface area contributed by atoms with Gasteiger partial charge in [-0.3, -0.25) is 14.6 Å². The first-order chi connectivity index (χ1) is 21.4. The second kappa shape index (κ2) is 14.2. The predicted molar refractivity (Wildman–Crippen MR) is 171 cm³/mol. The first kappa shape index (κ1) is 30.0. The van der Waals surface area contributed by atoms with Crippen molar-refractivity contribution >= 4 is 18.1 Å². The highest BCUT2D eigenvalue weighted by molar-refractivity contribution is 6.05. The summed E-state index contributed by atoms with van der Waals surface area (Å²) >= 11 is 0. The van der Waals surface area contributed by atoms with Crippen molar-refractivity contribution in [1.29, 1.82) is 0 Å². The van der Waals surface area contributed by atoms with Gasteiger partial charge in [-0.15, -0.1) is 0 Å². The molecular weight excluding hydrogens is 552 g/mol. The number of nitrogens with one attached hydrogen (secondary N) is 1. The molecule has 0 saturated heterocycles. The maximum absolute atomic E-state index is 13.2. The van der Waals surface area contributed by atoms with Gasteiger partial charge in [-0.05, 0) is 90.9 Å². The number of aryl methyl sites for hydroxylation is 3. The third-order valence-electron chi connectivity index (χ3n) is 7.07. The van der Waals surface area contributed by atoms with Crippen LogP contribution in [0.3, 0.4) is 0 Å². The maximum atomic E-state index is 13.2. The minimum atomic E-state index is -0.360. The second-order valence-corrected chi connectivity index (χ2v) is 10.8. The van der Waals surface area contributed by atoms with E-state index in [4.69, 9.17) is 14.2 Å². The summed E-state index contributed by atoms with van der Waals surface area (Å²) in [7, 11) is 0. The van der Waals surface area contributed by atoms with E-state index in [1.54, 1.807) is 42.6 Å². The molecule has 44 heavy (non-hydrogen) atoms. The fourth-order valence-electron chi connectivity index (χ4n) is 4.68. The number of carbonyl (C=O) groups is 2. The first-order valence-corrected chi connectivity index (χ1v) is 14.5. The molecule has 1 aromatic heterocycles. The lowest BCUT2D eigenvalue weighted by molar-refractivity contribution is -0.120. The van der Waals surface area contributed by atoms with Crippen molar-refractivity contribution in [2.45, 2.75) is 39.5 Å². The number of amides is 1. The van der Waals surface area contributed by atoms with Crippen LogP contribution < -0.4 is 19.5 Å². The van der Waals surface area contributed by atoms with E-state index in [1.807, 2.05) is 56.4 Å². The van der Waals surface area contributed by atoms with E-state index in [1.165, 1.54) is 11.1 Å². The summed E-state index contributed by atoms with van der Waals surface area (Å²) in [6.45, 7) is 6.45. The molecule has 1 N–H and O–H groups in total. The average Bonchev–Trinajstić information content (AvgIpc) is 3.03. The van der Waals surface area contributed by atoms with Gasteiger partial charge in [0, 0.05) is 17.8 Å². The van der Waals surface area contributed by atoms with E-state index in [0.717, 1.165) is 24.0 Å². The number of hydrogen-bond donors (Lipinski definition) is 1. The summed E-state index contributed by atoms with van der Waals surface area (Å²) in [6, 6.07) is 30.1. The van der Waals surface area contributed by atoms with Crippen LogP contribution in [0.4, 0.5) is 5.69 Å². The topological polar surface area (TPSA) is 86.8 Å². The molecule has 0 unspecified atom stereocenters. The van der Waals surface area contributed by atoms with Gasteiger partial charge in [0.1, 0.15) is 23.0 Å². The Bertz CT molecular complexity index is 1720. The molecule has 1 heterocycles. The molecular formula is C37H34N2O5. The zero-order valence-corrected chi connectivity index (χ0v) is 24.9. The van der Waals surface area contributed by atoms with Crippen LogP contribution in [-0.2, 0) is 17.6 Å². The van der Waals surface area contributed by atoms with Crippen molar-refractivity contribution in [3.8, 4) is 28.7 Å². The van der Waals surface area contributed by atoms with Gasteiger partial charge in [0.2, 0.25) is 0 Å². The van der Waals surface area contributed by atoms with Crippen molar-refractivity contribution in [2.24, 2.45) is 0 Å². The summed E-state index contributed by atoms with van der Waals surface area (Å²) in [6.07, 6.45) is 5.19. The molecule has 4 aromatic carbocycles. The molecule has 1 amide bonds. The maximum Gasteiger partial charge on any atom is 0.298 e. The van der Waals surface area contributed by atoms with E-state index in [0.29, 0.717) is 40.7 Å². The Labute approximate surface area is 257 Å². The number of benzene rings is 4. The van der Waals surface area contributed by atoms with Crippen LogP contribution in [0.15, 0.2) is 109 Å². The summed E-state index contributed by atoms with van der Waals surface area (Å²) in [5, 5.41) is 2.88. The number of hydrogen-bond acceptors (Lipinski definition) is 6. The standard InChI is InChI=1S/C37H34N2O5/c1-25(2)33-20-34(39-37(41)29-15-17-31(18-16-29)43-30-7-5-4-6-8-30)36(42-24-40)21-35(33)44-32-19-28(22-38-23-32)14-13-27-11-9-26(3)10-12-27/h4-12,15-25H,13-14H2,1-3H3,(H,39,41). The number of ether oxygens (including phenoxy) is 3. The molecule has 0 fully saturated rings. The van der Waals surface area contributed by atoms with Crippen LogP contribution in [-0.4, -0.2) is 17.4 Å². The van der Waals surface area contributed by atoms with Gasteiger partial charge >= 0.3 is 0 Å². The minimum Gasteiger partial charge on any atom is -0.457 e. The van der Waals surface area contributed by atoms with Crippen LogP contribution in [0.5, 0.6) is 28.7 Å². The van der Waals surface area contributed by atoms with Crippen LogP contribution >= 0.6 is 0 Å². The quantitative estimate of drug-likeness (QED) is 0.147. The summed E-state index contributed by atoms with van der Waals surface area (Å²) in [4.78, 5) is 29.0. The van der Waals surface area contributed by atoms with Crippen LogP contribution in [0, 0.1) is 6.92 Å². The van der Waals surface area contributed by atoms with Gasteiger partial charge in [-0.2, -0.15) is 0 Å². The number of anilines is 1. The van der Waals surface area contributed by atoms with Crippen molar-refractivity contribution < 1.29 is 23.8 Å². The number of para-hydroxylation sites is 1. The van der Waals surface area contributed by atoms with Gasteiger partial charge in [0.05, 0.1) is 11.9 Å². The van der Waals surface area contributed by atoms with Crippen LogP contribution in [0.1, 0.15) is 52.4 Å². The summed E-state index contributed by atoms with van der Waals surface area (Å²) in [5.74, 6) is 2.23. The highest BCUT2D eigenvalue weighted by Crippen LogP contribution is 2.39. The van der Waals surface area contributed by atoms with E-state index in [-0.39, 0.29) is 17.6 Å². The van der Waals surface area contributed by atoms with Crippen molar-refractivity contribution in [2.75, 3.05) is 5.32 Å².